The molecule has 1 fully saturated rings. The lowest BCUT2D eigenvalue weighted by molar-refractivity contribution is -0.384. The molecule has 3 heterocycles. The highest BCUT2D eigenvalue weighted by atomic mass is 32.1. The standard InChI is InChI=1S/C22H18N4O6S/c27-20-11-14(23-22-25(20)18-3-1-2-4-19(18)33-22)13-32-21(28)16-12-15(26(29)30)5-6-17(16)24-7-9-31-10-8-24/h1-6,11-12H,7-10,13H2. The van der Waals surface area contributed by atoms with Crippen molar-refractivity contribution in [3.05, 3.63) is 80.3 Å². The molecule has 0 spiro atoms. The highest BCUT2D eigenvalue weighted by Crippen LogP contribution is 2.28. The lowest BCUT2D eigenvalue weighted by Gasteiger charge is -2.30. The molecule has 0 amide bonds. The Balaban J connectivity index is 1.43. The van der Waals surface area contributed by atoms with Crippen LogP contribution in [0.15, 0.2) is 53.3 Å². The third kappa shape index (κ3) is 4.03. The SMILES string of the molecule is O=C(OCc1cc(=O)n2c(n1)sc1ccccc12)c1cc([N+](=O)[O-])ccc1N1CCOCC1. The van der Waals surface area contributed by atoms with Gasteiger partial charge in [0.25, 0.3) is 11.2 Å². The lowest BCUT2D eigenvalue weighted by atomic mass is 10.1. The molecule has 0 aliphatic carbocycles. The molecule has 0 N–H and O–H groups in total. The fourth-order valence-electron chi connectivity index (χ4n) is 3.80. The molecule has 10 nitrogen and oxygen atoms in total. The van der Waals surface area contributed by atoms with E-state index in [0.717, 1.165) is 10.2 Å². The van der Waals surface area contributed by atoms with E-state index in [1.165, 1.54) is 33.9 Å². The van der Waals surface area contributed by atoms with E-state index in [0.29, 0.717) is 42.6 Å². The van der Waals surface area contributed by atoms with Gasteiger partial charge in [0.15, 0.2) is 4.96 Å². The van der Waals surface area contributed by atoms with E-state index in [1.807, 2.05) is 29.2 Å². The number of esters is 1. The van der Waals surface area contributed by atoms with Crippen molar-refractivity contribution in [1.82, 2.24) is 9.38 Å². The molecular formula is C22H18N4O6S. The zero-order chi connectivity index (χ0) is 22.9. The van der Waals surface area contributed by atoms with Gasteiger partial charge in [-0.25, -0.2) is 9.78 Å². The summed E-state index contributed by atoms with van der Waals surface area (Å²) in [6.07, 6.45) is 0. The number of morpholine rings is 1. The Bertz CT molecular complexity index is 1440. The molecule has 1 aliphatic rings. The van der Waals surface area contributed by atoms with Gasteiger partial charge in [0.2, 0.25) is 0 Å². The molecule has 1 aliphatic heterocycles. The Morgan fingerprint density at radius 1 is 1.18 bits per heavy atom. The molecule has 2 aromatic heterocycles. The number of non-ortho nitro benzene ring substituents is 1. The van der Waals surface area contributed by atoms with Crippen LogP contribution in [0.3, 0.4) is 0 Å². The van der Waals surface area contributed by atoms with Crippen molar-refractivity contribution in [2.24, 2.45) is 0 Å². The first-order valence-corrected chi connectivity index (χ1v) is 11.0. The molecule has 0 atom stereocenters. The molecule has 0 unspecified atom stereocenters. The third-order valence-electron chi connectivity index (χ3n) is 5.36. The van der Waals surface area contributed by atoms with Gasteiger partial charge in [-0.2, -0.15) is 0 Å². The number of nitrogens with zero attached hydrogens (tertiary/aromatic N) is 4. The largest absolute Gasteiger partial charge is 0.456 e. The summed E-state index contributed by atoms with van der Waals surface area (Å²) in [5.41, 5.74) is 1.23. The second kappa shape index (κ2) is 8.60. The van der Waals surface area contributed by atoms with Crippen molar-refractivity contribution >= 4 is 43.9 Å². The van der Waals surface area contributed by atoms with Crippen molar-refractivity contribution in [2.45, 2.75) is 6.61 Å². The fraction of sp³-hybridized carbons (Fsp3) is 0.227. The number of nitro benzene ring substituents is 1. The molecule has 33 heavy (non-hydrogen) atoms. The summed E-state index contributed by atoms with van der Waals surface area (Å²) < 4.78 is 13.2. The number of thiazole rings is 1. The van der Waals surface area contributed by atoms with Crippen LogP contribution in [0, 0.1) is 10.1 Å². The molecule has 0 bridgehead atoms. The number of hydrogen-bond acceptors (Lipinski definition) is 9. The van der Waals surface area contributed by atoms with E-state index in [1.54, 1.807) is 6.07 Å². The topological polar surface area (TPSA) is 116 Å². The van der Waals surface area contributed by atoms with Gasteiger partial charge in [-0.05, 0) is 18.2 Å². The molecule has 5 rings (SSSR count). The van der Waals surface area contributed by atoms with Crippen LogP contribution in [0.1, 0.15) is 16.1 Å². The number of carbonyl (C=O) groups excluding carboxylic acids is 1. The minimum absolute atomic E-state index is 0.0887. The van der Waals surface area contributed by atoms with E-state index in [4.69, 9.17) is 9.47 Å². The van der Waals surface area contributed by atoms with Gasteiger partial charge < -0.3 is 14.4 Å². The van der Waals surface area contributed by atoms with Gasteiger partial charge in [-0.15, -0.1) is 0 Å². The van der Waals surface area contributed by atoms with E-state index < -0.39 is 10.9 Å². The Kier molecular flexibility index (Phi) is 5.48. The maximum absolute atomic E-state index is 12.9. The summed E-state index contributed by atoms with van der Waals surface area (Å²) in [6, 6.07) is 12.9. The number of ether oxygens (including phenoxy) is 2. The number of benzene rings is 2. The van der Waals surface area contributed by atoms with Crippen LogP contribution in [0.2, 0.25) is 0 Å². The van der Waals surface area contributed by atoms with Crippen LogP contribution >= 0.6 is 11.3 Å². The molecule has 168 valence electrons. The van der Waals surface area contributed by atoms with Gasteiger partial charge in [-0.1, -0.05) is 23.5 Å². The van der Waals surface area contributed by atoms with Gasteiger partial charge >= 0.3 is 5.97 Å². The van der Waals surface area contributed by atoms with Crippen LogP contribution in [0.25, 0.3) is 15.2 Å². The van der Waals surface area contributed by atoms with E-state index >= 15 is 0 Å². The number of nitro groups is 1. The smallest absolute Gasteiger partial charge is 0.340 e. The van der Waals surface area contributed by atoms with Gasteiger partial charge in [0, 0.05) is 31.3 Å². The first-order chi connectivity index (χ1) is 16.0. The van der Waals surface area contributed by atoms with Gasteiger partial charge in [0.05, 0.1) is 45.3 Å². The van der Waals surface area contributed by atoms with Crippen LogP contribution in [0.5, 0.6) is 0 Å². The second-order valence-corrected chi connectivity index (χ2v) is 8.42. The molecular weight excluding hydrogens is 448 g/mol. The van der Waals surface area contributed by atoms with E-state index in [9.17, 15) is 19.7 Å². The number of fused-ring (bicyclic) bond motifs is 3. The first kappa shape index (κ1) is 21.0. The summed E-state index contributed by atoms with van der Waals surface area (Å²) in [7, 11) is 0. The summed E-state index contributed by atoms with van der Waals surface area (Å²) >= 11 is 1.36. The fourth-order valence-corrected chi connectivity index (χ4v) is 4.85. The van der Waals surface area contributed by atoms with Crippen LogP contribution in [0.4, 0.5) is 11.4 Å². The number of para-hydroxylation sites is 1. The first-order valence-electron chi connectivity index (χ1n) is 10.2. The van der Waals surface area contributed by atoms with E-state index in [2.05, 4.69) is 4.98 Å². The molecule has 0 radical (unpaired) electrons. The molecule has 1 saturated heterocycles. The highest BCUT2D eigenvalue weighted by Gasteiger charge is 2.23. The molecule has 0 saturated carbocycles. The predicted molar refractivity (Wildman–Crippen MR) is 122 cm³/mol. The number of carbonyl (C=O) groups is 1. The third-order valence-corrected chi connectivity index (χ3v) is 6.38. The maximum Gasteiger partial charge on any atom is 0.340 e. The molecule has 2 aromatic carbocycles. The summed E-state index contributed by atoms with van der Waals surface area (Å²) in [5, 5.41) is 11.3. The molecule has 4 aromatic rings. The Morgan fingerprint density at radius 2 is 1.97 bits per heavy atom. The summed E-state index contributed by atoms with van der Waals surface area (Å²) in [4.78, 5) is 43.2. The predicted octanol–water partition coefficient (Wildman–Crippen LogP) is 3.01. The van der Waals surface area contributed by atoms with Crippen molar-refractivity contribution in [3.63, 3.8) is 0 Å². The number of anilines is 1. The average molecular weight is 466 g/mol. The minimum atomic E-state index is -0.724. The number of aromatic nitrogens is 2. The summed E-state index contributed by atoms with van der Waals surface area (Å²) in [5.74, 6) is -0.724. The minimum Gasteiger partial charge on any atom is -0.456 e. The second-order valence-electron chi connectivity index (χ2n) is 7.41. The number of rotatable bonds is 5. The zero-order valence-electron chi connectivity index (χ0n) is 17.3. The van der Waals surface area contributed by atoms with Crippen LogP contribution in [-0.2, 0) is 16.1 Å². The number of hydrogen-bond donors (Lipinski definition) is 0. The van der Waals surface area contributed by atoms with Crippen molar-refractivity contribution in [3.8, 4) is 0 Å². The quantitative estimate of drug-likeness (QED) is 0.250. The highest BCUT2D eigenvalue weighted by molar-refractivity contribution is 7.23. The molecule has 11 heteroatoms. The Labute approximate surface area is 190 Å². The summed E-state index contributed by atoms with van der Waals surface area (Å²) in [6.45, 7) is 1.87. The lowest BCUT2D eigenvalue weighted by Crippen LogP contribution is -2.37. The van der Waals surface area contributed by atoms with Crippen molar-refractivity contribution < 1.29 is 19.2 Å². The van der Waals surface area contributed by atoms with Crippen molar-refractivity contribution in [2.75, 3.05) is 31.2 Å². The van der Waals surface area contributed by atoms with Crippen LogP contribution in [-0.4, -0.2) is 46.6 Å². The van der Waals surface area contributed by atoms with E-state index in [-0.39, 0.29) is 23.4 Å². The Morgan fingerprint density at radius 3 is 2.76 bits per heavy atom. The van der Waals surface area contributed by atoms with Crippen LogP contribution < -0.4 is 10.5 Å². The monoisotopic (exact) mass is 466 g/mol. The van der Waals surface area contributed by atoms with Crippen molar-refractivity contribution in [1.29, 1.82) is 0 Å². The zero-order valence-corrected chi connectivity index (χ0v) is 18.1. The maximum atomic E-state index is 12.9. The van der Waals surface area contributed by atoms with Gasteiger partial charge in [0.1, 0.15) is 6.61 Å². The average Bonchev–Trinajstić information content (AvgIpc) is 3.21. The van der Waals surface area contributed by atoms with Gasteiger partial charge in [-0.3, -0.25) is 19.3 Å². The Hall–Kier alpha value is -3.83. The normalized spacial score (nSPS) is 14.0.